The minimum atomic E-state index is 0.113. The Morgan fingerprint density at radius 1 is 1.36 bits per heavy atom. The molecule has 1 aromatic carbocycles. The van der Waals surface area contributed by atoms with E-state index in [1.165, 1.54) is 0 Å². The van der Waals surface area contributed by atoms with Gasteiger partial charge in [0.25, 0.3) is 0 Å². The van der Waals surface area contributed by atoms with Crippen molar-refractivity contribution >= 4 is 27.3 Å². The van der Waals surface area contributed by atoms with Crippen molar-refractivity contribution in [2.75, 3.05) is 18.6 Å². The van der Waals surface area contributed by atoms with Gasteiger partial charge in [0.15, 0.2) is 0 Å². The number of ether oxygens (including phenoxy) is 1. The fourth-order valence-corrected chi connectivity index (χ4v) is 1.90. The standard InChI is InChI=1S/C10H13BrN2O/c1-14-8-5-6(10(11)2-3-10)4-7(12)9(8)13/h4-5H,2-3,12-13H2,1H3. The van der Waals surface area contributed by atoms with E-state index in [1.807, 2.05) is 12.1 Å². The van der Waals surface area contributed by atoms with Gasteiger partial charge in [0.05, 0.1) is 22.8 Å². The van der Waals surface area contributed by atoms with E-state index in [2.05, 4.69) is 15.9 Å². The van der Waals surface area contributed by atoms with Crippen LogP contribution in [0.2, 0.25) is 0 Å². The average molecular weight is 257 g/mol. The van der Waals surface area contributed by atoms with Crippen molar-refractivity contribution in [1.29, 1.82) is 0 Å². The first-order chi connectivity index (χ1) is 6.57. The molecule has 4 N–H and O–H groups in total. The predicted octanol–water partition coefficient (Wildman–Crippen LogP) is 2.24. The van der Waals surface area contributed by atoms with E-state index >= 15 is 0 Å². The maximum Gasteiger partial charge on any atom is 0.144 e. The van der Waals surface area contributed by atoms with E-state index in [4.69, 9.17) is 16.2 Å². The van der Waals surface area contributed by atoms with E-state index in [0.717, 1.165) is 18.4 Å². The lowest BCUT2D eigenvalue weighted by Crippen LogP contribution is -2.03. The SMILES string of the molecule is COc1cc(C2(Br)CC2)cc(N)c1N. The highest BCUT2D eigenvalue weighted by molar-refractivity contribution is 9.09. The Hall–Kier alpha value is -0.900. The Bertz CT molecular complexity index is 375. The molecular formula is C10H13BrN2O. The van der Waals surface area contributed by atoms with Gasteiger partial charge < -0.3 is 16.2 Å². The molecular weight excluding hydrogens is 244 g/mol. The molecule has 14 heavy (non-hydrogen) atoms. The minimum absolute atomic E-state index is 0.113. The van der Waals surface area contributed by atoms with Crippen molar-refractivity contribution in [3.05, 3.63) is 17.7 Å². The summed E-state index contributed by atoms with van der Waals surface area (Å²) < 4.78 is 5.28. The molecule has 1 aliphatic rings. The fourth-order valence-electron chi connectivity index (χ4n) is 1.47. The monoisotopic (exact) mass is 256 g/mol. The molecule has 0 unspecified atom stereocenters. The third kappa shape index (κ3) is 1.43. The molecule has 1 aromatic rings. The number of anilines is 2. The molecule has 0 heterocycles. The molecule has 0 atom stereocenters. The first kappa shape index (κ1) is 9.65. The minimum Gasteiger partial charge on any atom is -0.495 e. The van der Waals surface area contributed by atoms with Crippen molar-refractivity contribution in [1.82, 2.24) is 0 Å². The normalized spacial score (nSPS) is 17.9. The molecule has 1 aliphatic carbocycles. The number of hydrogen-bond donors (Lipinski definition) is 2. The third-order valence-corrected chi connectivity index (χ3v) is 3.85. The second-order valence-corrected chi connectivity index (χ2v) is 5.16. The molecule has 0 aromatic heterocycles. The largest absolute Gasteiger partial charge is 0.495 e. The van der Waals surface area contributed by atoms with Gasteiger partial charge in [-0.2, -0.15) is 0 Å². The molecule has 0 radical (unpaired) electrons. The Morgan fingerprint density at radius 2 is 2.00 bits per heavy atom. The molecule has 3 nitrogen and oxygen atoms in total. The molecule has 0 spiro atoms. The van der Waals surface area contributed by atoms with Gasteiger partial charge in [-0.1, -0.05) is 15.9 Å². The molecule has 76 valence electrons. The smallest absolute Gasteiger partial charge is 0.144 e. The number of nitrogen functional groups attached to an aromatic ring is 2. The number of hydrogen-bond acceptors (Lipinski definition) is 3. The number of methoxy groups -OCH3 is 1. The summed E-state index contributed by atoms with van der Waals surface area (Å²) in [6, 6.07) is 3.87. The molecule has 1 fully saturated rings. The maximum absolute atomic E-state index is 5.80. The van der Waals surface area contributed by atoms with Crippen LogP contribution in [0, 0.1) is 0 Å². The lowest BCUT2D eigenvalue weighted by molar-refractivity contribution is 0.416. The van der Waals surface area contributed by atoms with Crippen LogP contribution < -0.4 is 16.2 Å². The van der Waals surface area contributed by atoms with Gasteiger partial charge in [0.2, 0.25) is 0 Å². The van der Waals surface area contributed by atoms with Crippen LogP contribution >= 0.6 is 15.9 Å². The molecule has 0 bridgehead atoms. The molecule has 1 saturated carbocycles. The number of halogens is 1. The molecule has 2 rings (SSSR count). The first-order valence-electron chi connectivity index (χ1n) is 4.49. The third-order valence-electron chi connectivity index (χ3n) is 2.60. The highest BCUT2D eigenvalue weighted by Gasteiger charge is 2.42. The van der Waals surface area contributed by atoms with Gasteiger partial charge in [-0.05, 0) is 30.5 Å². The summed E-state index contributed by atoms with van der Waals surface area (Å²) in [5, 5.41) is 0. The lowest BCUT2D eigenvalue weighted by atomic mass is 10.1. The van der Waals surface area contributed by atoms with Gasteiger partial charge in [-0.15, -0.1) is 0 Å². The van der Waals surface area contributed by atoms with Crippen molar-refractivity contribution in [2.24, 2.45) is 0 Å². The van der Waals surface area contributed by atoms with Crippen molar-refractivity contribution < 1.29 is 4.74 Å². The van der Waals surface area contributed by atoms with E-state index < -0.39 is 0 Å². The summed E-state index contributed by atoms with van der Waals surface area (Å²) in [6.45, 7) is 0. The summed E-state index contributed by atoms with van der Waals surface area (Å²) >= 11 is 3.67. The van der Waals surface area contributed by atoms with E-state index in [0.29, 0.717) is 17.1 Å². The van der Waals surface area contributed by atoms with E-state index in [-0.39, 0.29) is 4.32 Å². The van der Waals surface area contributed by atoms with Gasteiger partial charge in [-0.3, -0.25) is 0 Å². The predicted molar refractivity (Wildman–Crippen MR) is 61.7 cm³/mol. The highest BCUT2D eigenvalue weighted by Crippen LogP contribution is 2.55. The summed E-state index contributed by atoms with van der Waals surface area (Å²) in [5.74, 6) is 0.658. The van der Waals surface area contributed by atoms with Crippen LogP contribution in [-0.4, -0.2) is 7.11 Å². The van der Waals surface area contributed by atoms with Crippen LogP contribution in [-0.2, 0) is 4.32 Å². The lowest BCUT2D eigenvalue weighted by Gasteiger charge is -2.13. The van der Waals surface area contributed by atoms with Gasteiger partial charge in [-0.25, -0.2) is 0 Å². The average Bonchev–Trinajstić information content (AvgIpc) is 2.89. The quantitative estimate of drug-likeness (QED) is 0.631. The summed E-state index contributed by atoms with van der Waals surface area (Å²) in [5.41, 5.74) is 13.8. The maximum atomic E-state index is 5.80. The topological polar surface area (TPSA) is 61.3 Å². The van der Waals surface area contributed by atoms with Crippen LogP contribution in [0.25, 0.3) is 0 Å². The summed E-state index contributed by atoms with van der Waals surface area (Å²) in [6.07, 6.45) is 2.28. The second kappa shape index (κ2) is 3.05. The zero-order chi connectivity index (χ0) is 10.3. The molecule has 4 heteroatoms. The Morgan fingerprint density at radius 3 is 2.50 bits per heavy atom. The Labute approximate surface area is 91.5 Å². The van der Waals surface area contributed by atoms with E-state index in [1.54, 1.807) is 7.11 Å². The van der Waals surface area contributed by atoms with Gasteiger partial charge >= 0.3 is 0 Å². The molecule has 0 saturated heterocycles. The van der Waals surface area contributed by atoms with Gasteiger partial charge in [0.1, 0.15) is 5.75 Å². The number of alkyl halides is 1. The van der Waals surface area contributed by atoms with Crippen LogP contribution in [0.15, 0.2) is 12.1 Å². The van der Waals surface area contributed by atoms with Crippen molar-refractivity contribution in [3.63, 3.8) is 0 Å². The van der Waals surface area contributed by atoms with Crippen LogP contribution in [0.3, 0.4) is 0 Å². The van der Waals surface area contributed by atoms with E-state index in [9.17, 15) is 0 Å². The number of benzene rings is 1. The summed E-state index contributed by atoms with van der Waals surface area (Å²) in [4.78, 5) is 0. The first-order valence-corrected chi connectivity index (χ1v) is 5.28. The molecule has 0 aliphatic heterocycles. The van der Waals surface area contributed by atoms with Crippen LogP contribution in [0.1, 0.15) is 18.4 Å². The molecule has 0 amide bonds. The fraction of sp³-hybridized carbons (Fsp3) is 0.400. The van der Waals surface area contributed by atoms with Crippen molar-refractivity contribution in [2.45, 2.75) is 17.2 Å². The van der Waals surface area contributed by atoms with Crippen LogP contribution in [0.5, 0.6) is 5.75 Å². The summed E-state index contributed by atoms with van der Waals surface area (Å²) in [7, 11) is 1.60. The zero-order valence-corrected chi connectivity index (χ0v) is 9.60. The Balaban J connectivity index is 2.48. The highest BCUT2D eigenvalue weighted by atomic mass is 79.9. The van der Waals surface area contributed by atoms with Crippen LogP contribution in [0.4, 0.5) is 11.4 Å². The number of rotatable bonds is 2. The van der Waals surface area contributed by atoms with Gasteiger partial charge in [0, 0.05) is 0 Å². The number of nitrogens with two attached hydrogens (primary N) is 2. The second-order valence-electron chi connectivity index (χ2n) is 3.65. The van der Waals surface area contributed by atoms with Crippen molar-refractivity contribution in [3.8, 4) is 5.75 Å². The Kier molecular flexibility index (Phi) is 2.10. The zero-order valence-electron chi connectivity index (χ0n) is 8.01.